The van der Waals surface area contributed by atoms with Crippen LogP contribution in [-0.4, -0.2) is 38.7 Å². The highest BCUT2D eigenvalue weighted by molar-refractivity contribution is 7.90. The zero-order chi connectivity index (χ0) is 12.6. The number of hydrogen-bond donors (Lipinski definition) is 2. The molecular formula is C6H9F3N2O4S. The van der Waals surface area contributed by atoms with Crippen molar-refractivity contribution < 1.29 is 31.1 Å². The normalized spacial score (nSPS) is 25.0. The van der Waals surface area contributed by atoms with E-state index in [0.717, 1.165) is 4.72 Å². The van der Waals surface area contributed by atoms with Crippen LogP contribution in [0, 0.1) is 0 Å². The van der Waals surface area contributed by atoms with Crippen molar-refractivity contribution in [2.24, 2.45) is 0 Å². The van der Waals surface area contributed by atoms with Crippen LogP contribution < -0.4 is 10.0 Å². The molecule has 1 saturated heterocycles. The molecule has 16 heavy (non-hydrogen) atoms. The van der Waals surface area contributed by atoms with Gasteiger partial charge < -0.3 is 10.1 Å². The minimum absolute atomic E-state index is 0.0633. The number of carbonyl (C=O) groups is 1. The van der Waals surface area contributed by atoms with Gasteiger partial charge in [-0.15, -0.1) is 0 Å². The van der Waals surface area contributed by atoms with Gasteiger partial charge in [0.15, 0.2) is 0 Å². The molecule has 0 aromatic rings. The van der Waals surface area contributed by atoms with Gasteiger partial charge in [-0.3, -0.25) is 0 Å². The van der Waals surface area contributed by atoms with Crippen molar-refractivity contribution in [1.29, 1.82) is 0 Å². The Morgan fingerprint density at radius 3 is 2.38 bits per heavy atom. The highest BCUT2D eigenvalue weighted by atomic mass is 32.2. The van der Waals surface area contributed by atoms with E-state index in [1.165, 1.54) is 0 Å². The van der Waals surface area contributed by atoms with Gasteiger partial charge in [-0.1, -0.05) is 0 Å². The van der Waals surface area contributed by atoms with Gasteiger partial charge in [0, 0.05) is 0 Å². The number of rotatable bonds is 3. The number of halogens is 3. The van der Waals surface area contributed by atoms with Gasteiger partial charge in [0.25, 0.3) is 0 Å². The average Bonchev–Trinajstić information content (AvgIpc) is 2.79. The molecule has 1 rings (SSSR count). The summed E-state index contributed by atoms with van der Waals surface area (Å²) in [4.78, 5) is 10.8. The summed E-state index contributed by atoms with van der Waals surface area (Å²) in [5.74, 6) is 0. The molecule has 0 saturated carbocycles. The lowest BCUT2D eigenvalue weighted by molar-refractivity contribution is -0.0444. The fraction of sp³-hybridized carbons (Fsp3) is 0.833. The predicted octanol–water partition coefficient (Wildman–Crippen LogP) is -0.0759. The fourth-order valence-electron chi connectivity index (χ4n) is 0.708. The summed E-state index contributed by atoms with van der Waals surface area (Å²) in [7, 11) is -5.65. The number of sulfonamides is 1. The van der Waals surface area contributed by atoms with Crippen LogP contribution in [0.3, 0.4) is 0 Å². The van der Waals surface area contributed by atoms with E-state index in [2.05, 4.69) is 0 Å². The maximum atomic E-state index is 11.8. The van der Waals surface area contributed by atoms with E-state index in [0.29, 0.717) is 6.61 Å². The van der Waals surface area contributed by atoms with Crippen molar-refractivity contribution >= 4 is 16.1 Å². The summed E-state index contributed by atoms with van der Waals surface area (Å²) in [5, 5.41) is 1.96. The molecular weight excluding hydrogens is 253 g/mol. The number of ether oxygens (including phenoxy) is 1. The summed E-state index contributed by atoms with van der Waals surface area (Å²) in [6.07, 6.45) is 0. The first kappa shape index (κ1) is 13.0. The predicted molar refractivity (Wildman–Crippen MR) is 45.9 cm³/mol. The molecule has 0 spiro atoms. The Balaban J connectivity index is 2.45. The van der Waals surface area contributed by atoms with Crippen LogP contribution in [0.15, 0.2) is 0 Å². The van der Waals surface area contributed by atoms with E-state index in [4.69, 9.17) is 4.74 Å². The molecule has 0 bridgehead atoms. The lowest BCUT2D eigenvalue weighted by Gasteiger charge is -2.11. The van der Waals surface area contributed by atoms with Crippen LogP contribution in [0.5, 0.6) is 0 Å². The molecule has 6 nitrogen and oxygen atoms in total. The van der Waals surface area contributed by atoms with E-state index in [1.54, 1.807) is 6.92 Å². The van der Waals surface area contributed by atoms with Gasteiger partial charge in [-0.25, -0.2) is 9.52 Å². The smallest absolute Gasteiger partial charge is 0.368 e. The van der Waals surface area contributed by atoms with Crippen LogP contribution >= 0.6 is 0 Å². The maximum Gasteiger partial charge on any atom is 0.516 e. The van der Waals surface area contributed by atoms with Crippen LogP contribution in [0.2, 0.25) is 0 Å². The van der Waals surface area contributed by atoms with E-state index in [-0.39, 0.29) is 6.54 Å². The van der Waals surface area contributed by atoms with Crippen LogP contribution in [0.1, 0.15) is 6.92 Å². The summed E-state index contributed by atoms with van der Waals surface area (Å²) in [6.45, 7) is 1.91. The molecule has 2 N–H and O–H groups in total. The third kappa shape index (κ3) is 3.23. The van der Waals surface area contributed by atoms with Crippen molar-refractivity contribution in [3.8, 4) is 0 Å². The first-order valence-electron chi connectivity index (χ1n) is 4.07. The van der Waals surface area contributed by atoms with Crippen LogP contribution in [0.25, 0.3) is 0 Å². The molecule has 2 amide bonds. The maximum absolute atomic E-state index is 11.8. The van der Waals surface area contributed by atoms with Gasteiger partial charge in [0.2, 0.25) is 0 Å². The first-order chi connectivity index (χ1) is 7.06. The molecule has 0 aromatic carbocycles. The zero-order valence-corrected chi connectivity index (χ0v) is 8.91. The Kier molecular flexibility index (Phi) is 3.07. The minimum atomic E-state index is -5.65. The summed E-state index contributed by atoms with van der Waals surface area (Å²) in [5.41, 5.74) is -6.12. The Morgan fingerprint density at radius 1 is 1.50 bits per heavy atom. The molecule has 0 aromatic heterocycles. The number of alkyl halides is 3. The summed E-state index contributed by atoms with van der Waals surface area (Å²) in [6, 6.07) is -1.44. The molecule has 0 aliphatic carbocycles. The second-order valence-corrected chi connectivity index (χ2v) is 5.15. The summed E-state index contributed by atoms with van der Waals surface area (Å²) >= 11 is 0. The number of epoxide rings is 1. The second kappa shape index (κ2) is 3.77. The fourth-order valence-corrected chi connectivity index (χ4v) is 1.14. The van der Waals surface area contributed by atoms with Crippen molar-refractivity contribution in [3.63, 3.8) is 0 Å². The van der Waals surface area contributed by atoms with Crippen molar-refractivity contribution in [2.45, 2.75) is 18.0 Å². The average molecular weight is 262 g/mol. The second-order valence-electron chi connectivity index (χ2n) is 3.47. The lowest BCUT2D eigenvalue weighted by atomic mass is 10.2. The van der Waals surface area contributed by atoms with E-state index < -0.39 is 27.2 Å². The summed E-state index contributed by atoms with van der Waals surface area (Å²) < 4.78 is 62.1. The van der Waals surface area contributed by atoms with Gasteiger partial charge >= 0.3 is 21.6 Å². The first-order valence-corrected chi connectivity index (χ1v) is 5.55. The molecule has 1 heterocycles. The molecule has 1 unspecified atom stereocenters. The van der Waals surface area contributed by atoms with Gasteiger partial charge in [0.05, 0.1) is 13.2 Å². The highest BCUT2D eigenvalue weighted by Crippen LogP contribution is 2.24. The van der Waals surface area contributed by atoms with E-state index in [9.17, 15) is 26.4 Å². The minimum Gasteiger partial charge on any atom is -0.368 e. The molecule has 1 aliphatic rings. The third-order valence-electron chi connectivity index (χ3n) is 1.79. The standard InChI is InChI=1S/C6H9F3N2O4S/c1-5(3-15-5)2-10-4(12)11-16(13,14)6(7,8)9/h2-3H2,1H3,(H2,10,11,12). The molecule has 1 aliphatic heterocycles. The zero-order valence-electron chi connectivity index (χ0n) is 8.09. The van der Waals surface area contributed by atoms with E-state index >= 15 is 0 Å². The Bertz CT molecular complexity index is 387. The number of urea groups is 1. The monoisotopic (exact) mass is 262 g/mol. The highest BCUT2D eigenvalue weighted by Gasteiger charge is 2.47. The van der Waals surface area contributed by atoms with Gasteiger partial charge in [-0.2, -0.15) is 21.6 Å². The third-order valence-corrected chi connectivity index (χ3v) is 2.86. The Labute approximate surface area is 89.2 Å². The molecule has 94 valence electrons. The van der Waals surface area contributed by atoms with Crippen LogP contribution in [0.4, 0.5) is 18.0 Å². The molecule has 1 atom stereocenters. The van der Waals surface area contributed by atoms with E-state index in [1.807, 2.05) is 5.32 Å². The van der Waals surface area contributed by atoms with Crippen molar-refractivity contribution in [3.05, 3.63) is 0 Å². The molecule has 1 fully saturated rings. The molecule has 0 radical (unpaired) electrons. The SMILES string of the molecule is CC1(CNC(=O)NS(=O)(=O)C(F)(F)F)CO1. The Hall–Kier alpha value is -1.03. The topological polar surface area (TPSA) is 87.8 Å². The number of hydrogen-bond acceptors (Lipinski definition) is 4. The largest absolute Gasteiger partial charge is 0.516 e. The number of amides is 2. The van der Waals surface area contributed by atoms with Crippen molar-refractivity contribution in [1.82, 2.24) is 10.0 Å². The number of carbonyl (C=O) groups excluding carboxylic acids is 1. The van der Waals surface area contributed by atoms with Gasteiger partial charge in [0.1, 0.15) is 5.60 Å². The lowest BCUT2D eigenvalue weighted by Crippen LogP contribution is -2.47. The number of nitrogens with one attached hydrogen (secondary N) is 2. The van der Waals surface area contributed by atoms with Crippen LogP contribution in [-0.2, 0) is 14.8 Å². The van der Waals surface area contributed by atoms with Gasteiger partial charge in [-0.05, 0) is 6.92 Å². The van der Waals surface area contributed by atoms with Crippen molar-refractivity contribution in [2.75, 3.05) is 13.2 Å². The quantitative estimate of drug-likeness (QED) is 0.696. The Morgan fingerprint density at radius 2 is 2.00 bits per heavy atom. The molecule has 10 heteroatoms.